The molecule has 0 fully saturated rings. The second-order valence-corrected chi connectivity index (χ2v) is 5.48. The lowest BCUT2D eigenvalue weighted by Gasteiger charge is -2.05. The highest BCUT2D eigenvalue weighted by Crippen LogP contribution is 2.10. The highest BCUT2D eigenvalue weighted by Gasteiger charge is 2.10. The fourth-order valence-electron chi connectivity index (χ4n) is 2.24. The van der Waals surface area contributed by atoms with Crippen molar-refractivity contribution in [2.75, 3.05) is 6.61 Å². The van der Waals surface area contributed by atoms with E-state index in [-0.39, 0.29) is 0 Å². The molecule has 0 heterocycles. The van der Waals surface area contributed by atoms with E-state index < -0.39 is 5.97 Å². The lowest BCUT2D eigenvalue weighted by Crippen LogP contribution is -2.08. The Morgan fingerprint density at radius 3 is 2.24 bits per heavy atom. The Morgan fingerprint density at radius 1 is 0.952 bits per heavy atom. The molecule has 118 valence electrons. The third-order valence-corrected chi connectivity index (χ3v) is 3.58. The minimum absolute atomic E-state index is 0.410. The van der Waals surface area contributed by atoms with Gasteiger partial charge < -0.3 is 0 Å². The van der Waals surface area contributed by atoms with Gasteiger partial charge in [0, 0.05) is 0 Å². The predicted molar refractivity (Wildman–Crippen MR) is 85.2 cm³/mol. The summed E-state index contributed by atoms with van der Waals surface area (Å²) in [6, 6.07) is 7.35. The molecule has 0 aromatic heterocycles. The monoisotopic (exact) mass is 292 g/mol. The minimum atomic E-state index is -0.410. The molecule has 0 unspecified atom stereocenters. The molecule has 3 heteroatoms. The van der Waals surface area contributed by atoms with Crippen molar-refractivity contribution in [3.63, 3.8) is 0 Å². The van der Waals surface area contributed by atoms with E-state index in [1.807, 2.05) is 25.1 Å². The Labute approximate surface area is 128 Å². The first-order valence-corrected chi connectivity index (χ1v) is 8.15. The first-order chi connectivity index (χ1) is 10.3. The fourth-order valence-corrected chi connectivity index (χ4v) is 2.24. The minimum Gasteiger partial charge on any atom is -0.293 e. The average Bonchev–Trinajstić information content (AvgIpc) is 2.49. The van der Waals surface area contributed by atoms with Crippen molar-refractivity contribution in [3.05, 3.63) is 35.4 Å². The molecular weight excluding hydrogens is 264 g/mol. The van der Waals surface area contributed by atoms with Crippen LogP contribution in [-0.4, -0.2) is 12.6 Å². The summed E-state index contributed by atoms with van der Waals surface area (Å²) in [5, 5.41) is 0. The third kappa shape index (κ3) is 7.86. The molecule has 0 bridgehead atoms. The molecule has 0 N–H and O–H groups in total. The highest BCUT2D eigenvalue weighted by molar-refractivity contribution is 5.90. The molecule has 1 rings (SSSR count). The van der Waals surface area contributed by atoms with Gasteiger partial charge in [-0.3, -0.25) is 4.89 Å². The number of rotatable bonds is 11. The number of unbranched alkanes of at least 4 members (excludes halogenated alkanes) is 7. The summed E-state index contributed by atoms with van der Waals surface area (Å²) in [5.74, 6) is -0.410. The van der Waals surface area contributed by atoms with Gasteiger partial charge in [0.05, 0.1) is 12.2 Å². The molecule has 21 heavy (non-hydrogen) atoms. The molecule has 0 amide bonds. The van der Waals surface area contributed by atoms with Gasteiger partial charge in [0.25, 0.3) is 0 Å². The van der Waals surface area contributed by atoms with Crippen LogP contribution in [0.5, 0.6) is 0 Å². The number of carbonyl (C=O) groups excluding carboxylic acids is 1. The Balaban J connectivity index is 1.99. The summed E-state index contributed by atoms with van der Waals surface area (Å²) in [6.45, 7) is 4.59. The number of carbonyl (C=O) groups is 1. The van der Waals surface area contributed by atoms with Crippen LogP contribution in [0.25, 0.3) is 0 Å². The van der Waals surface area contributed by atoms with Crippen LogP contribution in [0.1, 0.15) is 74.2 Å². The third-order valence-electron chi connectivity index (χ3n) is 3.58. The lowest BCUT2D eigenvalue weighted by atomic mass is 10.1. The van der Waals surface area contributed by atoms with E-state index in [1.54, 1.807) is 6.07 Å². The molecule has 0 saturated heterocycles. The van der Waals surface area contributed by atoms with Gasteiger partial charge in [-0.2, -0.15) is 4.89 Å². The maximum absolute atomic E-state index is 11.8. The van der Waals surface area contributed by atoms with Gasteiger partial charge in [-0.15, -0.1) is 0 Å². The van der Waals surface area contributed by atoms with Crippen LogP contribution in [0.15, 0.2) is 24.3 Å². The Morgan fingerprint density at radius 2 is 1.57 bits per heavy atom. The van der Waals surface area contributed by atoms with Crippen LogP contribution >= 0.6 is 0 Å². The zero-order valence-corrected chi connectivity index (χ0v) is 13.4. The van der Waals surface area contributed by atoms with Crippen LogP contribution in [0.2, 0.25) is 0 Å². The van der Waals surface area contributed by atoms with Crippen LogP contribution < -0.4 is 0 Å². The first-order valence-electron chi connectivity index (χ1n) is 8.15. The first kappa shape index (κ1) is 17.7. The van der Waals surface area contributed by atoms with Gasteiger partial charge in [0.15, 0.2) is 0 Å². The van der Waals surface area contributed by atoms with Gasteiger partial charge in [-0.25, -0.2) is 4.79 Å². The molecule has 1 aromatic carbocycles. The van der Waals surface area contributed by atoms with Crippen LogP contribution in [-0.2, 0) is 9.78 Å². The predicted octanol–water partition coefficient (Wildman–Crippen LogP) is 5.22. The summed E-state index contributed by atoms with van der Waals surface area (Å²) >= 11 is 0. The molecular formula is C18H28O3. The molecule has 0 atom stereocenters. The lowest BCUT2D eigenvalue weighted by molar-refractivity contribution is -0.241. The Kier molecular flexibility index (Phi) is 9.55. The SMILES string of the molecule is CCCCCCCCCCOOC(=O)c1ccccc1C. The summed E-state index contributed by atoms with van der Waals surface area (Å²) in [5.41, 5.74) is 1.46. The molecule has 0 saturated carbocycles. The zero-order chi connectivity index (χ0) is 15.3. The highest BCUT2D eigenvalue weighted by atomic mass is 17.2. The van der Waals surface area contributed by atoms with Crippen molar-refractivity contribution in [1.29, 1.82) is 0 Å². The molecule has 0 radical (unpaired) electrons. The average molecular weight is 292 g/mol. The van der Waals surface area contributed by atoms with Crippen molar-refractivity contribution in [1.82, 2.24) is 0 Å². The van der Waals surface area contributed by atoms with Crippen molar-refractivity contribution >= 4 is 5.97 Å². The van der Waals surface area contributed by atoms with Gasteiger partial charge in [-0.1, -0.05) is 70.1 Å². The quantitative estimate of drug-likeness (QED) is 0.318. The molecule has 0 aliphatic rings. The Bertz CT molecular complexity index is 401. The number of aryl methyl sites for hydroxylation is 1. The van der Waals surface area contributed by atoms with E-state index in [0.29, 0.717) is 12.2 Å². The van der Waals surface area contributed by atoms with E-state index in [4.69, 9.17) is 9.78 Å². The topological polar surface area (TPSA) is 35.5 Å². The summed E-state index contributed by atoms with van der Waals surface area (Å²) < 4.78 is 0. The van der Waals surface area contributed by atoms with Crippen LogP contribution in [0, 0.1) is 6.92 Å². The van der Waals surface area contributed by atoms with Gasteiger partial charge in [0.2, 0.25) is 0 Å². The zero-order valence-electron chi connectivity index (χ0n) is 13.4. The second-order valence-electron chi connectivity index (χ2n) is 5.48. The van der Waals surface area contributed by atoms with E-state index in [1.165, 1.54) is 38.5 Å². The Hall–Kier alpha value is -1.35. The molecule has 0 aliphatic heterocycles. The maximum Gasteiger partial charge on any atom is 0.373 e. The largest absolute Gasteiger partial charge is 0.373 e. The molecule has 0 aliphatic carbocycles. The van der Waals surface area contributed by atoms with Gasteiger partial charge >= 0.3 is 5.97 Å². The maximum atomic E-state index is 11.8. The van der Waals surface area contributed by atoms with Crippen molar-refractivity contribution in [3.8, 4) is 0 Å². The number of benzene rings is 1. The second kappa shape index (κ2) is 11.3. The smallest absolute Gasteiger partial charge is 0.293 e. The number of hydrogen-bond acceptors (Lipinski definition) is 3. The molecule has 1 aromatic rings. The van der Waals surface area contributed by atoms with Crippen molar-refractivity contribution in [2.45, 2.75) is 65.2 Å². The number of hydrogen-bond donors (Lipinski definition) is 0. The van der Waals surface area contributed by atoms with Gasteiger partial charge in [0.1, 0.15) is 0 Å². The standard InChI is InChI=1S/C18H28O3/c1-3-4-5-6-7-8-9-12-15-20-21-18(19)17-14-11-10-13-16(17)2/h10-11,13-14H,3-9,12,15H2,1-2H3. The summed E-state index contributed by atoms with van der Waals surface area (Å²) in [7, 11) is 0. The van der Waals surface area contributed by atoms with Crippen LogP contribution in [0.3, 0.4) is 0 Å². The van der Waals surface area contributed by atoms with E-state index in [9.17, 15) is 4.79 Å². The molecule has 0 spiro atoms. The van der Waals surface area contributed by atoms with E-state index in [2.05, 4.69) is 6.92 Å². The van der Waals surface area contributed by atoms with Crippen molar-refractivity contribution < 1.29 is 14.6 Å². The molecule has 3 nitrogen and oxygen atoms in total. The fraction of sp³-hybridized carbons (Fsp3) is 0.611. The van der Waals surface area contributed by atoms with E-state index in [0.717, 1.165) is 18.4 Å². The summed E-state index contributed by atoms with van der Waals surface area (Å²) in [4.78, 5) is 21.6. The normalized spacial score (nSPS) is 10.6. The summed E-state index contributed by atoms with van der Waals surface area (Å²) in [6.07, 6.45) is 9.92. The van der Waals surface area contributed by atoms with E-state index >= 15 is 0 Å². The van der Waals surface area contributed by atoms with Gasteiger partial charge in [-0.05, 0) is 25.0 Å². The van der Waals surface area contributed by atoms with Crippen molar-refractivity contribution in [2.24, 2.45) is 0 Å². The van der Waals surface area contributed by atoms with Crippen LogP contribution in [0.4, 0.5) is 0 Å².